The Bertz CT molecular complexity index is 516. The molecule has 0 fully saturated rings. The van der Waals surface area contributed by atoms with Gasteiger partial charge in [-0.1, -0.05) is 26.0 Å². The molecule has 0 heterocycles. The van der Waals surface area contributed by atoms with Gasteiger partial charge in [0.1, 0.15) is 5.56 Å². The van der Waals surface area contributed by atoms with E-state index in [1.165, 1.54) is 12.1 Å². The van der Waals surface area contributed by atoms with Crippen LogP contribution in [0.2, 0.25) is 0 Å². The van der Waals surface area contributed by atoms with Crippen molar-refractivity contribution in [1.29, 1.82) is 0 Å². The van der Waals surface area contributed by atoms with Gasteiger partial charge in [-0.2, -0.15) is 0 Å². The average Bonchev–Trinajstić information content (AvgIpc) is 2.42. The van der Waals surface area contributed by atoms with Gasteiger partial charge in [-0.05, 0) is 11.5 Å². The van der Waals surface area contributed by atoms with Gasteiger partial charge in [0.25, 0.3) is 5.69 Å². The zero-order chi connectivity index (χ0) is 16.0. The van der Waals surface area contributed by atoms with E-state index in [2.05, 4.69) is 5.32 Å². The first-order valence-corrected chi connectivity index (χ1v) is 6.60. The molecule has 1 aromatic rings. The first kappa shape index (κ1) is 17.1. The summed E-state index contributed by atoms with van der Waals surface area (Å²) in [5.74, 6) is -1.01. The Labute approximate surface area is 123 Å². The Morgan fingerprint density at radius 3 is 2.62 bits per heavy atom. The van der Waals surface area contributed by atoms with Crippen LogP contribution in [0, 0.1) is 16.0 Å². The fraction of sp³-hybridized carbons (Fsp3) is 0.500. The van der Waals surface area contributed by atoms with Crippen molar-refractivity contribution in [2.24, 2.45) is 5.92 Å². The number of hydrogen-bond donors (Lipinski definition) is 2. The van der Waals surface area contributed by atoms with E-state index < -0.39 is 16.6 Å². The molecule has 1 aromatic carbocycles. The predicted octanol–water partition coefficient (Wildman–Crippen LogP) is 2.05. The van der Waals surface area contributed by atoms with Crippen molar-refractivity contribution in [3.05, 3.63) is 39.4 Å². The van der Waals surface area contributed by atoms with Crippen LogP contribution in [0.4, 0.5) is 5.69 Å². The summed E-state index contributed by atoms with van der Waals surface area (Å²) in [6, 6.07) is 4.30. The number of carbonyl (C=O) groups is 1. The lowest BCUT2D eigenvalue weighted by Crippen LogP contribution is -2.37. The maximum Gasteiger partial charge on any atom is 0.343 e. The van der Waals surface area contributed by atoms with E-state index >= 15 is 0 Å². The van der Waals surface area contributed by atoms with E-state index in [1.807, 2.05) is 13.8 Å². The number of methoxy groups -OCH3 is 1. The van der Waals surface area contributed by atoms with Gasteiger partial charge in [-0.15, -0.1) is 0 Å². The number of benzene rings is 1. The van der Waals surface area contributed by atoms with Crippen molar-refractivity contribution in [3.8, 4) is 0 Å². The van der Waals surface area contributed by atoms with Crippen molar-refractivity contribution in [1.82, 2.24) is 5.32 Å². The van der Waals surface area contributed by atoms with Crippen LogP contribution < -0.4 is 5.32 Å². The second kappa shape index (κ2) is 7.70. The largest absolute Gasteiger partial charge is 0.477 e. The molecule has 116 valence electrons. The molecule has 0 aromatic heterocycles. The Morgan fingerprint density at radius 2 is 2.14 bits per heavy atom. The normalized spacial score (nSPS) is 12.4. The molecule has 0 aliphatic heterocycles. The molecule has 21 heavy (non-hydrogen) atoms. The van der Waals surface area contributed by atoms with Gasteiger partial charge in [0, 0.05) is 25.8 Å². The third kappa shape index (κ3) is 4.51. The lowest BCUT2D eigenvalue weighted by molar-refractivity contribution is -0.385. The van der Waals surface area contributed by atoms with Gasteiger partial charge in [-0.3, -0.25) is 10.1 Å². The van der Waals surface area contributed by atoms with Crippen molar-refractivity contribution < 1.29 is 19.6 Å². The highest BCUT2D eigenvalue weighted by atomic mass is 16.6. The molecule has 1 rings (SSSR count). The summed E-state index contributed by atoms with van der Waals surface area (Å²) in [5, 5.41) is 23.3. The quantitative estimate of drug-likeness (QED) is 0.562. The molecule has 1 atom stereocenters. The summed E-state index contributed by atoms with van der Waals surface area (Å²) in [7, 11) is 1.59. The summed E-state index contributed by atoms with van der Waals surface area (Å²) in [4.78, 5) is 21.5. The van der Waals surface area contributed by atoms with Crippen LogP contribution in [-0.4, -0.2) is 35.8 Å². The molecule has 7 heteroatoms. The van der Waals surface area contributed by atoms with Crippen molar-refractivity contribution in [3.63, 3.8) is 0 Å². The predicted molar refractivity (Wildman–Crippen MR) is 77.4 cm³/mol. The molecule has 0 aliphatic rings. The van der Waals surface area contributed by atoms with Crippen LogP contribution in [0.25, 0.3) is 0 Å². The molecular formula is C14H20N2O5. The van der Waals surface area contributed by atoms with Crippen LogP contribution in [0.1, 0.15) is 29.8 Å². The molecule has 0 amide bonds. The van der Waals surface area contributed by atoms with Crippen LogP contribution in [-0.2, 0) is 11.3 Å². The lowest BCUT2D eigenvalue weighted by atomic mass is 10.0. The third-order valence-corrected chi connectivity index (χ3v) is 3.24. The number of hydrogen-bond acceptors (Lipinski definition) is 5. The minimum Gasteiger partial charge on any atom is -0.477 e. The number of nitro groups is 1. The van der Waals surface area contributed by atoms with E-state index in [0.717, 1.165) is 0 Å². The highest BCUT2D eigenvalue weighted by Crippen LogP contribution is 2.22. The van der Waals surface area contributed by atoms with Crippen LogP contribution in [0.5, 0.6) is 0 Å². The minimum atomic E-state index is -1.30. The Morgan fingerprint density at radius 1 is 1.48 bits per heavy atom. The van der Waals surface area contributed by atoms with E-state index in [-0.39, 0.29) is 24.1 Å². The Kier molecular flexibility index (Phi) is 6.26. The second-order valence-corrected chi connectivity index (χ2v) is 5.06. The van der Waals surface area contributed by atoms with Gasteiger partial charge < -0.3 is 15.2 Å². The number of nitrogens with zero attached hydrogens (tertiary/aromatic N) is 1. The number of carboxylic acids is 1. The fourth-order valence-corrected chi connectivity index (χ4v) is 2.04. The minimum absolute atomic E-state index is 0.0379. The lowest BCUT2D eigenvalue weighted by Gasteiger charge is -2.22. The first-order valence-electron chi connectivity index (χ1n) is 6.60. The fourth-order valence-electron chi connectivity index (χ4n) is 2.04. The molecule has 0 saturated heterocycles. The molecular weight excluding hydrogens is 276 g/mol. The number of nitrogens with one attached hydrogen (secondary N) is 1. The van der Waals surface area contributed by atoms with Crippen molar-refractivity contribution in [2.45, 2.75) is 26.4 Å². The second-order valence-electron chi connectivity index (χ2n) is 5.06. The molecule has 0 radical (unpaired) electrons. The van der Waals surface area contributed by atoms with Crippen LogP contribution >= 0.6 is 0 Å². The van der Waals surface area contributed by atoms with Crippen LogP contribution in [0.15, 0.2) is 18.2 Å². The summed E-state index contributed by atoms with van der Waals surface area (Å²) in [6.07, 6.45) is 0. The standard InChI is InChI=1S/C14H20N2O5/c1-9(2)11(8-21-3)15-7-10-5-4-6-12(16(19)20)13(10)14(17)18/h4-6,9,11,15H,7-8H2,1-3H3,(H,17,18). The summed E-state index contributed by atoms with van der Waals surface area (Å²) >= 11 is 0. The molecule has 0 spiro atoms. The van der Waals surface area contributed by atoms with Crippen molar-refractivity contribution >= 4 is 11.7 Å². The molecule has 7 nitrogen and oxygen atoms in total. The van der Waals surface area contributed by atoms with Gasteiger partial charge in [-0.25, -0.2) is 4.79 Å². The smallest absolute Gasteiger partial charge is 0.343 e. The topological polar surface area (TPSA) is 102 Å². The SMILES string of the molecule is COCC(NCc1cccc([N+](=O)[O-])c1C(=O)O)C(C)C. The molecule has 2 N–H and O–H groups in total. The van der Waals surface area contributed by atoms with E-state index in [0.29, 0.717) is 12.2 Å². The third-order valence-electron chi connectivity index (χ3n) is 3.24. The van der Waals surface area contributed by atoms with Gasteiger partial charge in [0.05, 0.1) is 11.5 Å². The highest BCUT2D eigenvalue weighted by Gasteiger charge is 2.24. The molecule has 0 saturated carbocycles. The Balaban J connectivity index is 3.00. The van der Waals surface area contributed by atoms with Gasteiger partial charge in [0.2, 0.25) is 0 Å². The summed E-state index contributed by atoms with van der Waals surface area (Å²) < 4.78 is 5.11. The van der Waals surface area contributed by atoms with Gasteiger partial charge in [0.15, 0.2) is 0 Å². The first-order chi connectivity index (χ1) is 9.88. The molecule has 1 unspecified atom stereocenters. The Hall–Kier alpha value is -1.99. The van der Waals surface area contributed by atoms with E-state index in [4.69, 9.17) is 4.74 Å². The molecule has 0 aliphatic carbocycles. The molecule has 0 bridgehead atoms. The monoisotopic (exact) mass is 296 g/mol. The van der Waals surface area contributed by atoms with Crippen molar-refractivity contribution in [2.75, 3.05) is 13.7 Å². The van der Waals surface area contributed by atoms with E-state index in [9.17, 15) is 20.0 Å². The van der Waals surface area contributed by atoms with Crippen LogP contribution in [0.3, 0.4) is 0 Å². The zero-order valence-electron chi connectivity index (χ0n) is 12.3. The highest BCUT2D eigenvalue weighted by molar-refractivity contribution is 5.94. The average molecular weight is 296 g/mol. The number of carboxylic acid groups (broad SMARTS) is 1. The van der Waals surface area contributed by atoms with E-state index in [1.54, 1.807) is 13.2 Å². The zero-order valence-corrected chi connectivity index (χ0v) is 12.3. The number of aromatic carboxylic acids is 1. The number of rotatable bonds is 8. The van der Waals surface area contributed by atoms with Gasteiger partial charge >= 0.3 is 5.97 Å². The summed E-state index contributed by atoms with van der Waals surface area (Å²) in [6.45, 7) is 4.75. The maximum absolute atomic E-state index is 11.3. The number of nitro benzene ring substituents is 1. The number of ether oxygens (including phenoxy) is 1. The summed E-state index contributed by atoms with van der Waals surface area (Å²) in [5.41, 5.74) is -0.275. The maximum atomic E-state index is 11.3.